The lowest BCUT2D eigenvalue weighted by Gasteiger charge is -2.07. The minimum Gasteiger partial charge on any atom is -0.367 e. The van der Waals surface area contributed by atoms with Crippen molar-refractivity contribution in [1.82, 2.24) is 0 Å². The van der Waals surface area contributed by atoms with E-state index in [0.717, 1.165) is 12.8 Å². The number of carbonyl (C=O) groups excluding carboxylic acids is 1. The van der Waals surface area contributed by atoms with Crippen LogP contribution in [0.3, 0.4) is 0 Å². The Labute approximate surface area is 59.5 Å². The van der Waals surface area contributed by atoms with Crippen molar-refractivity contribution in [1.29, 1.82) is 0 Å². The molecule has 2 atom stereocenters. The number of rotatable bonds is 2. The molecule has 0 saturated carbocycles. The van der Waals surface area contributed by atoms with E-state index in [0.29, 0.717) is 6.54 Å². The van der Waals surface area contributed by atoms with E-state index in [4.69, 9.17) is 16.2 Å². The lowest BCUT2D eigenvalue weighted by molar-refractivity contribution is -0.128. The highest BCUT2D eigenvalue weighted by atomic mass is 16.5. The standard InChI is InChI=1S/C6H12N2O2/c7-3-4-1-2-5(10-4)6(8)9/h4-5H,1-3,7H2,(H2,8,9)/t4-,5-/m1/s1. The van der Waals surface area contributed by atoms with Crippen molar-refractivity contribution in [3.63, 3.8) is 0 Å². The molecule has 0 bridgehead atoms. The number of ether oxygens (including phenoxy) is 1. The third kappa shape index (κ3) is 1.46. The van der Waals surface area contributed by atoms with E-state index in [1.807, 2.05) is 0 Å². The zero-order valence-corrected chi connectivity index (χ0v) is 5.75. The maximum atomic E-state index is 10.5. The summed E-state index contributed by atoms with van der Waals surface area (Å²) in [6.07, 6.45) is 1.22. The van der Waals surface area contributed by atoms with Gasteiger partial charge in [0.2, 0.25) is 5.91 Å². The monoisotopic (exact) mass is 144 g/mol. The average Bonchev–Trinajstić information content (AvgIpc) is 2.34. The van der Waals surface area contributed by atoms with Crippen LogP contribution in [0.4, 0.5) is 0 Å². The summed E-state index contributed by atoms with van der Waals surface area (Å²) < 4.78 is 5.17. The fourth-order valence-electron chi connectivity index (χ4n) is 1.09. The Morgan fingerprint density at radius 3 is 2.60 bits per heavy atom. The molecular formula is C6H12N2O2. The fourth-order valence-corrected chi connectivity index (χ4v) is 1.09. The van der Waals surface area contributed by atoms with Crippen LogP contribution in [-0.4, -0.2) is 24.7 Å². The zero-order valence-electron chi connectivity index (χ0n) is 5.75. The maximum Gasteiger partial charge on any atom is 0.246 e. The molecule has 0 radical (unpaired) electrons. The molecule has 58 valence electrons. The Morgan fingerprint density at radius 1 is 1.60 bits per heavy atom. The van der Waals surface area contributed by atoms with Crippen molar-refractivity contribution in [3.05, 3.63) is 0 Å². The number of nitrogens with two attached hydrogens (primary N) is 2. The van der Waals surface area contributed by atoms with Crippen LogP contribution >= 0.6 is 0 Å². The molecule has 0 aromatic rings. The van der Waals surface area contributed by atoms with Gasteiger partial charge >= 0.3 is 0 Å². The molecule has 1 aliphatic heterocycles. The molecule has 1 heterocycles. The maximum absolute atomic E-state index is 10.5. The van der Waals surface area contributed by atoms with Crippen LogP contribution in [0.25, 0.3) is 0 Å². The van der Waals surface area contributed by atoms with Gasteiger partial charge in [-0.25, -0.2) is 0 Å². The largest absolute Gasteiger partial charge is 0.367 e. The lowest BCUT2D eigenvalue weighted by atomic mass is 10.2. The quantitative estimate of drug-likeness (QED) is 0.520. The van der Waals surface area contributed by atoms with E-state index in [2.05, 4.69) is 0 Å². The van der Waals surface area contributed by atoms with Crippen molar-refractivity contribution in [2.45, 2.75) is 25.0 Å². The van der Waals surface area contributed by atoms with Crippen molar-refractivity contribution < 1.29 is 9.53 Å². The molecule has 1 fully saturated rings. The van der Waals surface area contributed by atoms with Gasteiger partial charge in [-0.1, -0.05) is 0 Å². The molecule has 0 spiro atoms. The first-order valence-corrected chi connectivity index (χ1v) is 3.39. The third-order valence-electron chi connectivity index (χ3n) is 1.69. The second kappa shape index (κ2) is 2.98. The van der Waals surface area contributed by atoms with Crippen LogP contribution in [0.1, 0.15) is 12.8 Å². The van der Waals surface area contributed by atoms with Gasteiger partial charge in [0.25, 0.3) is 0 Å². The Kier molecular flexibility index (Phi) is 2.24. The summed E-state index contributed by atoms with van der Waals surface area (Å²) in [5, 5.41) is 0. The Balaban J connectivity index is 2.35. The highest BCUT2D eigenvalue weighted by Gasteiger charge is 2.27. The molecule has 0 unspecified atom stereocenters. The first kappa shape index (κ1) is 7.50. The number of carbonyl (C=O) groups is 1. The summed E-state index contributed by atoms with van der Waals surface area (Å²) in [5.74, 6) is -0.379. The summed E-state index contributed by atoms with van der Waals surface area (Å²) in [6.45, 7) is 0.476. The Morgan fingerprint density at radius 2 is 2.30 bits per heavy atom. The van der Waals surface area contributed by atoms with Gasteiger partial charge in [-0.2, -0.15) is 0 Å². The van der Waals surface area contributed by atoms with E-state index in [1.54, 1.807) is 0 Å². The van der Waals surface area contributed by atoms with Crippen LogP contribution in [0.5, 0.6) is 0 Å². The highest BCUT2D eigenvalue weighted by Crippen LogP contribution is 2.17. The Hall–Kier alpha value is -0.610. The first-order valence-electron chi connectivity index (χ1n) is 3.39. The SMILES string of the molecule is NC[C@H]1CC[C@H](C(N)=O)O1. The molecular weight excluding hydrogens is 132 g/mol. The smallest absolute Gasteiger partial charge is 0.246 e. The van der Waals surface area contributed by atoms with E-state index >= 15 is 0 Å². The molecule has 1 aliphatic rings. The molecule has 4 N–H and O–H groups in total. The van der Waals surface area contributed by atoms with Crippen LogP contribution in [0.2, 0.25) is 0 Å². The molecule has 0 aromatic carbocycles. The van der Waals surface area contributed by atoms with Crippen LogP contribution in [0, 0.1) is 0 Å². The molecule has 1 amide bonds. The zero-order chi connectivity index (χ0) is 7.56. The lowest BCUT2D eigenvalue weighted by Crippen LogP contribution is -2.30. The fraction of sp³-hybridized carbons (Fsp3) is 0.833. The second-order valence-electron chi connectivity index (χ2n) is 2.46. The number of primary amides is 1. The van der Waals surface area contributed by atoms with E-state index in [-0.39, 0.29) is 12.0 Å². The minimum atomic E-state index is -0.395. The molecule has 1 rings (SSSR count). The summed E-state index contributed by atoms with van der Waals surface area (Å²) in [5.41, 5.74) is 10.3. The van der Waals surface area contributed by atoms with Gasteiger partial charge in [0.15, 0.2) is 0 Å². The van der Waals surface area contributed by atoms with Gasteiger partial charge in [0.1, 0.15) is 6.10 Å². The molecule has 4 nitrogen and oxygen atoms in total. The van der Waals surface area contributed by atoms with Crippen molar-refractivity contribution in [2.24, 2.45) is 11.5 Å². The molecule has 1 saturated heterocycles. The van der Waals surface area contributed by atoms with Gasteiger partial charge in [-0.15, -0.1) is 0 Å². The van der Waals surface area contributed by atoms with Crippen LogP contribution in [0.15, 0.2) is 0 Å². The number of hydrogen-bond acceptors (Lipinski definition) is 3. The average molecular weight is 144 g/mol. The molecule has 0 aromatic heterocycles. The van der Waals surface area contributed by atoms with Crippen molar-refractivity contribution >= 4 is 5.91 Å². The van der Waals surface area contributed by atoms with Gasteiger partial charge in [0.05, 0.1) is 6.10 Å². The Bertz CT molecular complexity index is 138. The predicted molar refractivity (Wildman–Crippen MR) is 36.1 cm³/mol. The van der Waals surface area contributed by atoms with Gasteiger partial charge in [-0.05, 0) is 12.8 Å². The summed E-state index contributed by atoms with van der Waals surface area (Å²) in [4.78, 5) is 10.5. The molecule has 10 heavy (non-hydrogen) atoms. The van der Waals surface area contributed by atoms with Crippen LogP contribution in [-0.2, 0) is 9.53 Å². The third-order valence-corrected chi connectivity index (χ3v) is 1.69. The van der Waals surface area contributed by atoms with E-state index in [1.165, 1.54) is 0 Å². The van der Waals surface area contributed by atoms with Crippen LogP contribution < -0.4 is 11.5 Å². The van der Waals surface area contributed by atoms with Gasteiger partial charge in [0, 0.05) is 6.54 Å². The summed E-state index contributed by atoms with van der Waals surface area (Å²) in [6, 6.07) is 0. The number of hydrogen-bond donors (Lipinski definition) is 2. The van der Waals surface area contributed by atoms with E-state index < -0.39 is 6.10 Å². The molecule has 0 aliphatic carbocycles. The minimum absolute atomic E-state index is 0.0394. The van der Waals surface area contributed by atoms with Gasteiger partial charge in [-0.3, -0.25) is 4.79 Å². The first-order chi connectivity index (χ1) is 4.74. The normalized spacial score (nSPS) is 32.5. The summed E-state index contributed by atoms with van der Waals surface area (Å²) in [7, 11) is 0. The van der Waals surface area contributed by atoms with Crippen molar-refractivity contribution in [3.8, 4) is 0 Å². The van der Waals surface area contributed by atoms with E-state index in [9.17, 15) is 4.79 Å². The second-order valence-corrected chi connectivity index (χ2v) is 2.46. The van der Waals surface area contributed by atoms with Crippen molar-refractivity contribution in [2.75, 3.05) is 6.54 Å². The highest BCUT2D eigenvalue weighted by molar-refractivity contribution is 5.79. The molecule has 4 heteroatoms. The number of amides is 1. The van der Waals surface area contributed by atoms with Gasteiger partial charge < -0.3 is 16.2 Å². The topological polar surface area (TPSA) is 78.3 Å². The summed E-state index contributed by atoms with van der Waals surface area (Å²) >= 11 is 0. The predicted octanol–water partition coefficient (Wildman–Crippen LogP) is -1.02.